The minimum Gasteiger partial charge on any atom is -0.373 e. The second-order valence-corrected chi connectivity index (χ2v) is 5.43. The first-order chi connectivity index (χ1) is 9.22. The van der Waals surface area contributed by atoms with E-state index in [4.69, 9.17) is 11.6 Å². The van der Waals surface area contributed by atoms with Gasteiger partial charge < -0.3 is 4.90 Å². The van der Waals surface area contributed by atoms with Crippen LogP contribution >= 0.6 is 11.6 Å². The standard InChI is InChI=1S/C17H16ClN/c1-19(12-13-5-4-8-16(18)9-13)17-10-14-6-2-3-7-15(14)11-17/h2-10H,11-12H2,1H3. The SMILES string of the molecule is CN(Cc1cccc(Cl)c1)C1=Cc2ccccc2C1. The van der Waals surface area contributed by atoms with E-state index in [-0.39, 0.29) is 0 Å². The van der Waals surface area contributed by atoms with Gasteiger partial charge in [0.15, 0.2) is 0 Å². The van der Waals surface area contributed by atoms with Gasteiger partial charge in [-0.25, -0.2) is 0 Å². The van der Waals surface area contributed by atoms with Crippen molar-refractivity contribution in [2.45, 2.75) is 13.0 Å². The van der Waals surface area contributed by atoms with Gasteiger partial charge in [0.2, 0.25) is 0 Å². The molecule has 0 spiro atoms. The van der Waals surface area contributed by atoms with Gasteiger partial charge in [0.1, 0.15) is 0 Å². The summed E-state index contributed by atoms with van der Waals surface area (Å²) in [4.78, 5) is 2.30. The molecule has 0 aromatic heterocycles. The number of hydrogen-bond donors (Lipinski definition) is 0. The van der Waals surface area contributed by atoms with Crippen LogP contribution in [0.25, 0.3) is 6.08 Å². The highest BCUT2D eigenvalue weighted by atomic mass is 35.5. The molecule has 1 nitrogen and oxygen atoms in total. The van der Waals surface area contributed by atoms with Crippen LogP contribution in [0.15, 0.2) is 54.2 Å². The van der Waals surface area contributed by atoms with Crippen LogP contribution in [0.4, 0.5) is 0 Å². The van der Waals surface area contributed by atoms with Crippen LogP contribution in [-0.2, 0) is 13.0 Å². The molecule has 0 unspecified atom stereocenters. The monoisotopic (exact) mass is 269 g/mol. The number of benzene rings is 2. The quantitative estimate of drug-likeness (QED) is 0.800. The number of rotatable bonds is 3. The number of fused-ring (bicyclic) bond motifs is 1. The van der Waals surface area contributed by atoms with Gasteiger partial charge in [0.05, 0.1) is 0 Å². The summed E-state index contributed by atoms with van der Waals surface area (Å²) in [5.41, 5.74) is 5.36. The molecule has 0 radical (unpaired) electrons. The Labute approximate surface area is 119 Å². The van der Waals surface area contributed by atoms with Crippen molar-refractivity contribution in [3.05, 3.63) is 75.9 Å². The molecule has 0 bridgehead atoms. The Morgan fingerprint density at radius 1 is 1.11 bits per heavy atom. The zero-order chi connectivity index (χ0) is 13.2. The van der Waals surface area contributed by atoms with Gasteiger partial charge in [-0.1, -0.05) is 48.0 Å². The highest BCUT2D eigenvalue weighted by molar-refractivity contribution is 6.30. The van der Waals surface area contributed by atoms with Crippen molar-refractivity contribution in [2.24, 2.45) is 0 Å². The summed E-state index contributed by atoms with van der Waals surface area (Å²) in [6, 6.07) is 16.6. The number of nitrogens with zero attached hydrogens (tertiary/aromatic N) is 1. The third-order valence-electron chi connectivity index (χ3n) is 3.55. The van der Waals surface area contributed by atoms with Gasteiger partial charge in [-0.05, 0) is 34.9 Å². The van der Waals surface area contributed by atoms with Crippen molar-refractivity contribution in [3.8, 4) is 0 Å². The Hall–Kier alpha value is -1.73. The molecule has 0 aliphatic heterocycles. The van der Waals surface area contributed by atoms with Crippen LogP contribution in [0.5, 0.6) is 0 Å². The fourth-order valence-corrected chi connectivity index (χ4v) is 2.73. The van der Waals surface area contributed by atoms with Crippen LogP contribution in [0.1, 0.15) is 16.7 Å². The van der Waals surface area contributed by atoms with Gasteiger partial charge in [0, 0.05) is 30.7 Å². The van der Waals surface area contributed by atoms with E-state index in [1.807, 2.05) is 18.2 Å². The number of allylic oxidation sites excluding steroid dienone is 1. The Morgan fingerprint density at radius 2 is 1.95 bits per heavy atom. The van der Waals surface area contributed by atoms with Crippen LogP contribution in [0, 0.1) is 0 Å². The summed E-state index contributed by atoms with van der Waals surface area (Å²) >= 11 is 6.03. The summed E-state index contributed by atoms with van der Waals surface area (Å²) in [5.74, 6) is 0. The van der Waals surface area contributed by atoms with Crippen molar-refractivity contribution in [3.63, 3.8) is 0 Å². The van der Waals surface area contributed by atoms with E-state index < -0.39 is 0 Å². The molecule has 0 atom stereocenters. The second-order valence-electron chi connectivity index (χ2n) is 5.00. The molecule has 96 valence electrons. The maximum absolute atomic E-state index is 6.03. The summed E-state index contributed by atoms with van der Waals surface area (Å²) in [6.07, 6.45) is 3.30. The first-order valence-corrected chi connectivity index (χ1v) is 6.84. The van der Waals surface area contributed by atoms with E-state index in [2.05, 4.69) is 48.4 Å². The van der Waals surface area contributed by atoms with Gasteiger partial charge in [-0.3, -0.25) is 0 Å². The van der Waals surface area contributed by atoms with Gasteiger partial charge in [-0.15, -0.1) is 0 Å². The molecule has 2 aromatic rings. The fraction of sp³-hybridized carbons (Fsp3) is 0.176. The van der Waals surface area contributed by atoms with Gasteiger partial charge in [0.25, 0.3) is 0 Å². The summed E-state index contributed by atoms with van der Waals surface area (Å²) in [6.45, 7) is 0.889. The van der Waals surface area contributed by atoms with Crippen LogP contribution in [0.3, 0.4) is 0 Å². The van der Waals surface area contributed by atoms with E-state index in [9.17, 15) is 0 Å². The van der Waals surface area contributed by atoms with Crippen molar-refractivity contribution in [2.75, 3.05) is 7.05 Å². The molecule has 19 heavy (non-hydrogen) atoms. The third kappa shape index (κ3) is 2.66. The van der Waals surface area contributed by atoms with E-state index in [0.29, 0.717) is 0 Å². The largest absolute Gasteiger partial charge is 0.373 e. The van der Waals surface area contributed by atoms with Crippen LogP contribution in [0.2, 0.25) is 5.02 Å². The third-order valence-corrected chi connectivity index (χ3v) is 3.78. The lowest BCUT2D eigenvalue weighted by atomic mass is 10.1. The molecule has 0 fully saturated rings. The van der Waals surface area contributed by atoms with E-state index in [1.54, 1.807) is 0 Å². The molecule has 0 saturated heterocycles. The molecule has 1 aliphatic carbocycles. The normalized spacial score (nSPS) is 13.1. The average molecular weight is 270 g/mol. The molecule has 0 heterocycles. The van der Waals surface area contributed by atoms with Crippen molar-refractivity contribution in [1.29, 1.82) is 0 Å². The highest BCUT2D eigenvalue weighted by Gasteiger charge is 2.15. The van der Waals surface area contributed by atoms with Gasteiger partial charge in [-0.2, -0.15) is 0 Å². The highest BCUT2D eigenvalue weighted by Crippen LogP contribution is 2.27. The number of hydrogen-bond acceptors (Lipinski definition) is 1. The van der Waals surface area contributed by atoms with Crippen LogP contribution in [-0.4, -0.2) is 11.9 Å². The van der Waals surface area contributed by atoms with Crippen molar-refractivity contribution >= 4 is 17.7 Å². The molecule has 3 rings (SSSR count). The molecule has 0 amide bonds. The maximum Gasteiger partial charge on any atom is 0.0423 e. The maximum atomic E-state index is 6.03. The predicted octanol–water partition coefficient (Wildman–Crippen LogP) is 4.37. The van der Waals surface area contributed by atoms with E-state index in [1.165, 1.54) is 22.4 Å². The molecule has 2 heteroatoms. The minimum atomic E-state index is 0.801. The Bertz CT molecular complexity index is 631. The Balaban J connectivity index is 1.75. The molecule has 0 saturated carbocycles. The second kappa shape index (κ2) is 5.10. The smallest absolute Gasteiger partial charge is 0.0423 e. The molecular formula is C17H16ClN. The molecule has 2 aromatic carbocycles. The zero-order valence-electron chi connectivity index (χ0n) is 10.9. The van der Waals surface area contributed by atoms with Crippen molar-refractivity contribution in [1.82, 2.24) is 4.90 Å². The summed E-state index contributed by atoms with van der Waals surface area (Å²) < 4.78 is 0. The van der Waals surface area contributed by atoms with E-state index in [0.717, 1.165) is 18.0 Å². The van der Waals surface area contributed by atoms with Gasteiger partial charge >= 0.3 is 0 Å². The van der Waals surface area contributed by atoms with E-state index >= 15 is 0 Å². The molecule has 0 N–H and O–H groups in total. The minimum absolute atomic E-state index is 0.801. The summed E-state index contributed by atoms with van der Waals surface area (Å²) in [7, 11) is 2.14. The Morgan fingerprint density at radius 3 is 2.74 bits per heavy atom. The lowest BCUT2D eigenvalue weighted by Gasteiger charge is -2.20. The first kappa shape index (κ1) is 12.3. The lowest BCUT2D eigenvalue weighted by Crippen LogP contribution is -2.17. The van der Waals surface area contributed by atoms with Crippen molar-refractivity contribution < 1.29 is 0 Å². The average Bonchev–Trinajstić information content (AvgIpc) is 2.82. The summed E-state index contributed by atoms with van der Waals surface area (Å²) in [5, 5.41) is 0.801. The zero-order valence-corrected chi connectivity index (χ0v) is 11.7. The number of likely N-dealkylation sites (N-methyl/N-ethyl adjacent to an activating group) is 1. The number of halogens is 1. The fourth-order valence-electron chi connectivity index (χ4n) is 2.52. The first-order valence-electron chi connectivity index (χ1n) is 6.46. The predicted molar refractivity (Wildman–Crippen MR) is 81.0 cm³/mol. The lowest BCUT2D eigenvalue weighted by molar-refractivity contribution is 0.408. The van der Waals surface area contributed by atoms with Crippen LogP contribution < -0.4 is 0 Å². The Kier molecular flexibility index (Phi) is 3.31. The molecule has 1 aliphatic rings. The molecular weight excluding hydrogens is 254 g/mol. The topological polar surface area (TPSA) is 3.24 Å².